The van der Waals surface area contributed by atoms with Crippen LogP contribution in [0.15, 0.2) is 18.2 Å². The Hall–Kier alpha value is -1.75. The number of nitrogens with zero attached hydrogens (tertiary/aromatic N) is 2. The molecule has 0 saturated carbocycles. The Morgan fingerprint density at radius 1 is 1.33 bits per heavy atom. The first-order valence-corrected chi connectivity index (χ1v) is 5.98. The molecule has 0 aliphatic heterocycles. The molecule has 1 aromatic rings. The number of carboxylic acid groups (broad SMARTS) is 1. The average molecular weight is 251 g/mol. The third-order valence-electron chi connectivity index (χ3n) is 2.79. The van der Waals surface area contributed by atoms with Crippen molar-refractivity contribution in [1.29, 1.82) is 0 Å². The number of likely N-dealkylation sites (N-methyl/N-ethyl adjacent to an activating group) is 2. The molecule has 0 fully saturated rings. The Labute approximate surface area is 108 Å². The highest BCUT2D eigenvalue weighted by Gasteiger charge is 2.15. The SMILES string of the molecule is CCN(CCN(C)C)c1ccc(N)cc1C(=O)O. The molecule has 1 aromatic carbocycles. The fraction of sp³-hybridized carbons (Fsp3) is 0.462. The van der Waals surface area contributed by atoms with Crippen molar-refractivity contribution in [2.45, 2.75) is 6.92 Å². The number of nitrogen functional groups attached to an aromatic ring is 1. The summed E-state index contributed by atoms with van der Waals surface area (Å²) in [6, 6.07) is 5.02. The van der Waals surface area contributed by atoms with Gasteiger partial charge in [0, 0.05) is 25.3 Å². The van der Waals surface area contributed by atoms with Gasteiger partial charge in [-0.05, 0) is 39.2 Å². The van der Waals surface area contributed by atoms with Crippen LogP contribution < -0.4 is 10.6 Å². The first-order chi connectivity index (χ1) is 8.45. The van der Waals surface area contributed by atoms with Gasteiger partial charge in [-0.25, -0.2) is 4.79 Å². The number of hydrogen-bond acceptors (Lipinski definition) is 4. The summed E-state index contributed by atoms with van der Waals surface area (Å²) in [7, 11) is 3.99. The van der Waals surface area contributed by atoms with E-state index < -0.39 is 5.97 Å². The van der Waals surface area contributed by atoms with Gasteiger partial charge in [0.2, 0.25) is 0 Å². The molecular formula is C13H21N3O2. The molecule has 5 heteroatoms. The lowest BCUT2D eigenvalue weighted by atomic mass is 10.1. The molecule has 0 heterocycles. The molecule has 0 amide bonds. The highest BCUT2D eigenvalue weighted by atomic mass is 16.4. The monoisotopic (exact) mass is 251 g/mol. The molecule has 0 saturated heterocycles. The fourth-order valence-corrected chi connectivity index (χ4v) is 1.77. The lowest BCUT2D eigenvalue weighted by Gasteiger charge is -2.26. The molecule has 0 aliphatic carbocycles. The highest BCUT2D eigenvalue weighted by molar-refractivity contribution is 5.95. The van der Waals surface area contributed by atoms with Crippen molar-refractivity contribution in [3.05, 3.63) is 23.8 Å². The molecule has 0 aliphatic rings. The second-order valence-corrected chi connectivity index (χ2v) is 4.46. The minimum atomic E-state index is -0.944. The van der Waals surface area contributed by atoms with Crippen molar-refractivity contribution < 1.29 is 9.90 Å². The molecule has 100 valence electrons. The molecule has 3 N–H and O–H groups in total. The molecule has 0 bridgehead atoms. The quantitative estimate of drug-likeness (QED) is 0.747. The topological polar surface area (TPSA) is 69.8 Å². The van der Waals surface area contributed by atoms with Gasteiger partial charge in [-0.1, -0.05) is 0 Å². The van der Waals surface area contributed by atoms with Crippen molar-refractivity contribution in [1.82, 2.24) is 4.90 Å². The van der Waals surface area contributed by atoms with Crippen LogP contribution in [0.5, 0.6) is 0 Å². The van der Waals surface area contributed by atoms with E-state index in [1.54, 1.807) is 12.1 Å². The second-order valence-electron chi connectivity index (χ2n) is 4.46. The summed E-state index contributed by atoms with van der Waals surface area (Å²) < 4.78 is 0. The van der Waals surface area contributed by atoms with Gasteiger partial charge in [0.05, 0.1) is 11.3 Å². The van der Waals surface area contributed by atoms with Crippen molar-refractivity contribution in [3.8, 4) is 0 Å². The van der Waals surface area contributed by atoms with E-state index in [2.05, 4.69) is 4.90 Å². The van der Waals surface area contributed by atoms with E-state index in [1.165, 1.54) is 6.07 Å². The second kappa shape index (κ2) is 6.26. The minimum Gasteiger partial charge on any atom is -0.478 e. The molecule has 5 nitrogen and oxygen atoms in total. The van der Waals surface area contributed by atoms with Crippen LogP contribution in [-0.4, -0.2) is 49.7 Å². The van der Waals surface area contributed by atoms with E-state index in [4.69, 9.17) is 5.73 Å². The summed E-state index contributed by atoms with van der Waals surface area (Å²) in [4.78, 5) is 15.4. The zero-order valence-electron chi connectivity index (χ0n) is 11.2. The molecule has 0 radical (unpaired) electrons. The summed E-state index contributed by atoms with van der Waals surface area (Å²) >= 11 is 0. The van der Waals surface area contributed by atoms with Gasteiger partial charge in [-0.3, -0.25) is 0 Å². The lowest BCUT2D eigenvalue weighted by molar-refractivity contribution is 0.0697. The number of rotatable bonds is 6. The number of aromatic carboxylic acids is 1. The number of anilines is 2. The number of carbonyl (C=O) groups is 1. The van der Waals surface area contributed by atoms with Crippen molar-refractivity contribution in [2.75, 3.05) is 44.4 Å². The third-order valence-corrected chi connectivity index (χ3v) is 2.79. The maximum Gasteiger partial charge on any atom is 0.337 e. The van der Waals surface area contributed by atoms with Gasteiger partial charge in [-0.15, -0.1) is 0 Å². The van der Waals surface area contributed by atoms with E-state index in [9.17, 15) is 9.90 Å². The van der Waals surface area contributed by atoms with Crippen molar-refractivity contribution >= 4 is 17.3 Å². The Bertz CT molecular complexity index is 419. The maximum absolute atomic E-state index is 11.2. The van der Waals surface area contributed by atoms with E-state index in [-0.39, 0.29) is 5.56 Å². The number of nitrogens with two attached hydrogens (primary N) is 1. The van der Waals surface area contributed by atoms with Crippen LogP contribution >= 0.6 is 0 Å². The van der Waals surface area contributed by atoms with Crippen LogP contribution in [-0.2, 0) is 0 Å². The molecule has 1 rings (SSSR count). The van der Waals surface area contributed by atoms with Crippen LogP contribution in [0, 0.1) is 0 Å². The maximum atomic E-state index is 11.2. The van der Waals surface area contributed by atoms with E-state index in [0.717, 1.165) is 25.3 Å². The molecule has 18 heavy (non-hydrogen) atoms. The average Bonchev–Trinajstić information content (AvgIpc) is 2.30. The Morgan fingerprint density at radius 3 is 2.50 bits per heavy atom. The smallest absolute Gasteiger partial charge is 0.337 e. The Morgan fingerprint density at radius 2 is 2.00 bits per heavy atom. The third kappa shape index (κ3) is 3.63. The standard InChI is InChI=1S/C13H21N3O2/c1-4-16(8-7-15(2)3)12-6-5-10(14)9-11(12)13(17)18/h5-6,9H,4,7-8,14H2,1-3H3,(H,17,18). The van der Waals surface area contributed by atoms with Crippen LogP contribution in [0.25, 0.3) is 0 Å². The van der Waals surface area contributed by atoms with Crippen molar-refractivity contribution in [3.63, 3.8) is 0 Å². The Balaban J connectivity index is 3.01. The summed E-state index contributed by atoms with van der Waals surface area (Å²) in [5.41, 5.74) is 7.09. The lowest BCUT2D eigenvalue weighted by Crippen LogP contribution is -2.32. The number of carboxylic acids is 1. The zero-order valence-corrected chi connectivity index (χ0v) is 11.2. The summed E-state index contributed by atoms with van der Waals surface area (Å²) in [6.07, 6.45) is 0. The highest BCUT2D eigenvalue weighted by Crippen LogP contribution is 2.23. The van der Waals surface area contributed by atoms with Gasteiger partial charge in [-0.2, -0.15) is 0 Å². The van der Waals surface area contributed by atoms with Gasteiger partial charge in [0.15, 0.2) is 0 Å². The van der Waals surface area contributed by atoms with E-state index in [0.29, 0.717) is 5.69 Å². The number of benzene rings is 1. The normalized spacial score (nSPS) is 10.7. The molecule has 0 spiro atoms. The van der Waals surface area contributed by atoms with Gasteiger partial charge in [0.25, 0.3) is 0 Å². The molecular weight excluding hydrogens is 230 g/mol. The summed E-state index contributed by atoms with van der Waals surface area (Å²) in [5.74, 6) is -0.944. The van der Waals surface area contributed by atoms with Gasteiger partial charge in [0.1, 0.15) is 0 Å². The summed E-state index contributed by atoms with van der Waals surface area (Å²) in [6.45, 7) is 4.43. The van der Waals surface area contributed by atoms with Crippen LogP contribution in [0.1, 0.15) is 17.3 Å². The van der Waals surface area contributed by atoms with Gasteiger partial charge >= 0.3 is 5.97 Å². The molecule has 0 aromatic heterocycles. The predicted octanol–water partition coefficient (Wildman–Crippen LogP) is 1.35. The Kier molecular flexibility index (Phi) is 4.97. The molecule has 0 unspecified atom stereocenters. The summed E-state index contributed by atoms with van der Waals surface area (Å²) in [5, 5.41) is 9.22. The van der Waals surface area contributed by atoms with Gasteiger partial charge < -0.3 is 20.6 Å². The predicted molar refractivity (Wildman–Crippen MR) is 74.3 cm³/mol. The zero-order chi connectivity index (χ0) is 13.7. The van der Waals surface area contributed by atoms with Crippen LogP contribution in [0.4, 0.5) is 11.4 Å². The van der Waals surface area contributed by atoms with Crippen LogP contribution in [0.2, 0.25) is 0 Å². The van der Waals surface area contributed by atoms with E-state index in [1.807, 2.05) is 25.9 Å². The number of hydrogen-bond donors (Lipinski definition) is 2. The molecule has 0 atom stereocenters. The minimum absolute atomic E-state index is 0.260. The first-order valence-electron chi connectivity index (χ1n) is 5.98. The largest absolute Gasteiger partial charge is 0.478 e. The van der Waals surface area contributed by atoms with E-state index >= 15 is 0 Å². The van der Waals surface area contributed by atoms with Crippen molar-refractivity contribution in [2.24, 2.45) is 0 Å². The fourth-order valence-electron chi connectivity index (χ4n) is 1.77. The first kappa shape index (κ1) is 14.3. The van der Waals surface area contributed by atoms with Crippen LogP contribution in [0.3, 0.4) is 0 Å².